The topological polar surface area (TPSA) is 96.5 Å². The highest BCUT2D eigenvalue weighted by Gasteiger charge is 2.17. The maximum Gasteiger partial charge on any atom is 0.408 e. The first-order valence-corrected chi connectivity index (χ1v) is 9.99. The molecule has 8 heteroatoms. The van der Waals surface area contributed by atoms with E-state index in [0.717, 1.165) is 0 Å². The Hall–Kier alpha value is -3.42. The number of carbonyl (C=O) groups excluding carboxylic acids is 3. The zero-order valence-electron chi connectivity index (χ0n) is 18.0. The van der Waals surface area contributed by atoms with Crippen LogP contribution in [-0.2, 0) is 27.3 Å². The van der Waals surface area contributed by atoms with Crippen molar-refractivity contribution in [3.63, 3.8) is 0 Å². The van der Waals surface area contributed by atoms with Crippen molar-refractivity contribution in [1.82, 2.24) is 10.6 Å². The number of hydrogen-bond donors (Lipinski definition) is 3. The van der Waals surface area contributed by atoms with E-state index in [-0.39, 0.29) is 31.2 Å². The van der Waals surface area contributed by atoms with Crippen LogP contribution in [-0.4, -0.2) is 30.1 Å². The van der Waals surface area contributed by atoms with Gasteiger partial charge >= 0.3 is 6.09 Å². The number of anilines is 1. The molecule has 0 fully saturated rings. The van der Waals surface area contributed by atoms with Gasteiger partial charge in [-0.1, -0.05) is 36.4 Å². The van der Waals surface area contributed by atoms with Gasteiger partial charge in [0.1, 0.15) is 18.0 Å². The molecule has 31 heavy (non-hydrogen) atoms. The predicted molar refractivity (Wildman–Crippen MR) is 116 cm³/mol. The number of para-hydroxylation sites is 1. The standard InChI is InChI=1S/C23H28FN3O4/c1-23(2,3)31-22(30)26-15-21(29)27-19-11-7-5-9-17(19)14-25-20(28)13-12-16-8-4-6-10-18(16)24/h4-11H,12-15H2,1-3H3,(H,25,28)(H,26,30)(H,27,29). The molecule has 0 unspecified atom stereocenters. The monoisotopic (exact) mass is 429 g/mol. The molecule has 0 aliphatic rings. The summed E-state index contributed by atoms with van der Waals surface area (Å²) in [6.07, 6.45) is -0.235. The van der Waals surface area contributed by atoms with Gasteiger partial charge in [0.25, 0.3) is 0 Å². The SMILES string of the molecule is CC(C)(C)OC(=O)NCC(=O)Nc1ccccc1CNC(=O)CCc1ccccc1F. The molecule has 3 amide bonds. The molecule has 0 aliphatic heterocycles. The minimum atomic E-state index is -0.682. The van der Waals surface area contributed by atoms with E-state index in [9.17, 15) is 18.8 Å². The molecule has 0 bridgehead atoms. The Morgan fingerprint density at radius 2 is 1.55 bits per heavy atom. The number of halogens is 1. The number of ether oxygens (including phenoxy) is 1. The van der Waals surface area contributed by atoms with Gasteiger partial charge in [-0.3, -0.25) is 9.59 Å². The molecular formula is C23H28FN3O4. The molecule has 0 spiro atoms. The molecule has 0 atom stereocenters. The third-order valence-corrected chi connectivity index (χ3v) is 4.14. The summed E-state index contributed by atoms with van der Waals surface area (Å²) >= 11 is 0. The van der Waals surface area contributed by atoms with E-state index < -0.39 is 17.6 Å². The van der Waals surface area contributed by atoms with Crippen molar-refractivity contribution in [1.29, 1.82) is 0 Å². The molecule has 2 aromatic rings. The van der Waals surface area contributed by atoms with Crippen LogP contribution in [0.25, 0.3) is 0 Å². The van der Waals surface area contributed by atoms with E-state index in [1.807, 2.05) is 0 Å². The molecule has 7 nitrogen and oxygen atoms in total. The van der Waals surface area contributed by atoms with E-state index >= 15 is 0 Å². The fraction of sp³-hybridized carbons (Fsp3) is 0.348. The van der Waals surface area contributed by atoms with Gasteiger partial charge in [-0.25, -0.2) is 9.18 Å². The van der Waals surface area contributed by atoms with Crippen LogP contribution in [0.5, 0.6) is 0 Å². The van der Waals surface area contributed by atoms with Crippen LogP contribution >= 0.6 is 0 Å². The van der Waals surface area contributed by atoms with Crippen LogP contribution in [0.2, 0.25) is 0 Å². The van der Waals surface area contributed by atoms with Gasteiger partial charge in [0.2, 0.25) is 11.8 Å². The molecule has 0 heterocycles. The molecule has 0 saturated heterocycles. The number of hydrogen-bond acceptors (Lipinski definition) is 4. The van der Waals surface area contributed by atoms with Crippen LogP contribution in [0.1, 0.15) is 38.3 Å². The summed E-state index contributed by atoms with van der Waals surface area (Å²) in [5.74, 6) is -0.983. The second-order valence-electron chi connectivity index (χ2n) is 7.93. The number of alkyl carbamates (subject to hydrolysis) is 1. The van der Waals surface area contributed by atoms with Gasteiger partial charge < -0.3 is 20.7 Å². The first-order valence-electron chi connectivity index (χ1n) is 9.99. The second kappa shape index (κ2) is 11.1. The fourth-order valence-electron chi connectivity index (χ4n) is 2.69. The Labute approximate surface area is 181 Å². The molecule has 0 aromatic heterocycles. The van der Waals surface area contributed by atoms with Crippen molar-refractivity contribution < 1.29 is 23.5 Å². The van der Waals surface area contributed by atoms with Crippen LogP contribution in [0.4, 0.5) is 14.9 Å². The van der Waals surface area contributed by atoms with Gasteiger partial charge in [0.05, 0.1) is 0 Å². The van der Waals surface area contributed by atoms with Gasteiger partial charge in [0, 0.05) is 18.7 Å². The quantitative estimate of drug-likeness (QED) is 0.598. The number of nitrogens with one attached hydrogen (secondary N) is 3. The zero-order valence-corrected chi connectivity index (χ0v) is 18.0. The average Bonchev–Trinajstić information content (AvgIpc) is 2.70. The van der Waals surface area contributed by atoms with E-state index in [1.165, 1.54) is 6.07 Å². The molecule has 0 saturated carbocycles. The summed E-state index contributed by atoms with van der Waals surface area (Å²) in [5.41, 5.74) is 1.06. The van der Waals surface area contributed by atoms with Crippen LogP contribution in [0.3, 0.4) is 0 Å². The third-order valence-electron chi connectivity index (χ3n) is 4.14. The number of benzene rings is 2. The van der Waals surface area contributed by atoms with Gasteiger partial charge in [0.15, 0.2) is 0 Å². The van der Waals surface area contributed by atoms with E-state index in [1.54, 1.807) is 63.2 Å². The molecule has 3 N–H and O–H groups in total. The Balaban J connectivity index is 1.83. The van der Waals surface area contributed by atoms with Crippen molar-refractivity contribution >= 4 is 23.6 Å². The lowest BCUT2D eigenvalue weighted by molar-refractivity contribution is -0.121. The summed E-state index contributed by atoms with van der Waals surface area (Å²) < 4.78 is 18.7. The summed E-state index contributed by atoms with van der Waals surface area (Å²) in [6.45, 7) is 5.14. The van der Waals surface area contributed by atoms with Crippen molar-refractivity contribution in [3.05, 3.63) is 65.5 Å². The number of carbonyl (C=O) groups is 3. The fourth-order valence-corrected chi connectivity index (χ4v) is 2.69. The molecule has 166 valence electrons. The minimum absolute atomic E-state index is 0.148. The lowest BCUT2D eigenvalue weighted by Gasteiger charge is -2.19. The number of amides is 3. The van der Waals surface area contributed by atoms with Crippen molar-refractivity contribution in [2.24, 2.45) is 0 Å². The van der Waals surface area contributed by atoms with Crippen LogP contribution in [0.15, 0.2) is 48.5 Å². The predicted octanol–water partition coefficient (Wildman–Crippen LogP) is 3.54. The minimum Gasteiger partial charge on any atom is -0.444 e. The van der Waals surface area contributed by atoms with Crippen molar-refractivity contribution in [2.45, 2.75) is 45.8 Å². The summed E-state index contributed by atoms with van der Waals surface area (Å²) in [6, 6.07) is 13.4. The average molecular weight is 429 g/mol. The van der Waals surface area contributed by atoms with Gasteiger partial charge in [-0.05, 0) is 50.5 Å². The van der Waals surface area contributed by atoms with Gasteiger partial charge in [-0.15, -0.1) is 0 Å². The normalized spacial score (nSPS) is 10.8. The summed E-state index contributed by atoms with van der Waals surface area (Å²) in [5, 5.41) is 7.88. The van der Waals surface area contributed by atoms with E-state index in [0.29, 0.717) is 23.2 Å². The molecule has 0 aliphatic carbocycles. The lowest BCUT2D eigenvalue weighted by atomic mass is 10.1. The van der Waals surface area contributed by atoms with Crippen LogP contribution in [0, 0.1) is 5.82 Å². The number of rotatable bonds is 8. The maximum absolute atomic E-state index is 13.7. The first-order chi connectivity index (χ1) is 14.6. The zero-order chi connectivity index (χ0) is 22.9. The molecule has 0 radical (unpaired) electrons. The lowest BCUT2D eigenvalue weighted by Crippen LogP contribution is -2.37. The Bertz CT molecular complexity index is 925. The maximum atomic E-state index is 13.7. The smallest absolute Gasteiger partial charge is 0.408 e. The Morgan fingerprint density at radius 3 is 2.23 bits per heavy atom. The van der Waals surface area contributed by atoms with E-state index in [2.05, 4.69) is 16.0 Å². The largest absolute Gasteiger partial charge is 0.444 e. The highest BCUT2D eigenvalue weighted by atomic mass is 19.1. The second-order valence-corrected chi connectivity index (χ2v) is 7.93. The molecular weight excluding hydrogens is 401 g/mol. The summed E-state index contributed by atoms with van der Waals surface area (Å²) in [4.78, 5) is 36.0. The van der Waals surface area contributed by atoms with Crippen molar-refractivity contribution in [2.75, 3.05) is 11.9 Å². The van der Waals surface area contributed by atoms with Gasteiger partial charge in [-0.2, -0.15) is 0 Å². The Morgan fingerprint density at radius 1 is 0.903 bits per heavy atom. The third kappa shape index (κ3) is 8.86. The highest BCUT2D eigenvalue weighted by molar-refractivity contribution is 5.94. The first kappa shape index (κ1) is 23.9. The Kier molecular flexibility index (Phi) is 8.54. The number of aryl methyl sites for hydroxylation is 1. The summed E-state index contributed by atoms with van der Waals surface area (Å²) in [7, 11) is 0. The highest BCUT2D eigenvalue weighted by Crippen LogP contribution is 2.15. The molecule has 2 rings (SSSR count). The molecule has 2 aromatic carbocycles. The van der Waals surface area contributed by atoms with Crippen molar-refractivity contribution in [3.8, 4) is 0 Å². The van der Waals surface area contributed by atoms with Crippen LogP contribution < -0.4 is 16.0 Å². The van der Waals surface area contributed by atoms with E-state index in [4.69, 9.17) is 4.74 Å².